The lowest BCUT2D eigenvalue weighted by atomic mass is 10.1. The first-order valence-corrected chi connectivity index (χ1v) is 6.01. The number of Topliss-reactive ketones (excluding diaryl/α,β-unsaturated/α-hetero) is 1. The first-order chi connectivity index (χ1) is 7.61. The SMILES string of the molecule is CCOc1c(OC)cccc1C(=O)C(C)Br. The summed E-state index contributed by atoms with van der Waals surface area (Å²) in [6, 6.07) is 5.30. The fourth-order valence-electron chi connectivity index (χ4n) is 1.38. The van der Waals surface area contributed by atoms with E-state index in [1.807, 2.05) is 6.92 Å². The molecule has 0 aliphatic carbocycles. The smallest absolute Gasteiger partial charge is 0.180 e. The number of hydrogen-bond acceptors (Lipinski definition) is 3. The largest absolute Gasteiger partial charge is 0.493 e. The maximum atomic E-state index is 11.9. The molecule has 1 unspecified atom stereocenters. The van der Waals surface area contributed by atoms with Crippen molar-refractivity contribution < 1.29 is 14.3 Å². The van der Waals surface area contributed by atoms with E-state index in [1.165, 1.54) is 0 Å². The zero-order chi connectivity index (χ0) is 12.1. The number of ketones is 1. The van der Waals surface area contributed by atoms with Crippen LogP contribution in [-0.2, 0) is 0 Å². The van der Waals surface area contributed by atoms with Crippen molar-refractivity contribution in [1.82, 2.24) is 0 Å². The lowest BCUT2D eigenvalue weighted by Gasteiger charge is -2.13. The van der Waals surface area contributed by atoms with Gasteiger partial charge in [-0.25, -0.2) is 0 Å². The Hall–Kier alpha value is -1.03. The molecule has 1 aromatic rings. The molecular weight excluding hydrogens is 272 g/mol. The Balaban J connectivity index is 3.21. The Morgan fingerprint density at radius 2 is 2.19 bits per heavy atom. The van der Waals surface area contributed by atoms with Crippen molar-refractivity contribution in [1.29, 1.82) is 0 Å². The molecular formula is C12H15BrO3. The van der Waals surface area contributed by atoms with E-state index < -0.39 is 0 Å². The molecule has 0 aromatic heterocycles. The van der Waals surface area contributed by atoms with E-state index in [0.29, 0.717) is 23.7 Å². The fourth-order valence-corrected chi connectivity index (χ4v) is 1.62. The third kappa shape index (κ3) is 2.76. The van der Waals surface area contributed by atoms with E-state index in [2.05, 4.69) is 15.9 Å². The highest BCUT2D eigenvalue weighted by molar-refractivity contribution is 9.10. The van der Waals surface area contributed by atoms with Crippen molar-refractivity contribution in [2.24, 2.45) is 0 Å². The molecule has 0 heterocycles. The van der Waals surface area contributed by atoms with Crippen molar-refractivity contribution in [3.8, 4) is 11.5 Å². The van der Waals surface area contributed by atoms with Gasteiger partial charge in [0.15, 0.2) is 17.3 Å². The molecule has 0 aliphatic heterocycles. The topological polar surface area (TPSA) is 35.5 Å². The number of rotatable bonds is 5. The number of ether oxygens (including phenoxy) is 2. The second-order valence-corrected chi connectivity index (χ2v) is 4.62. The monoisotopic (exact) mass is 286 g/mol. The van der Waals surface area contributed by atoms with Crippen molar-refractivity contribution >= 4 is 21.7 Å². The van der Waals surface area contributed by atoms with Crippen molar-refractivity contribution in [3.63, 3.8) is 0 Å². The van der Waals surface area contributed by atoms with Crippen LogP contribution in [0.5, 0.6) is 11.5 Å². The average Bonchev–Trinajstić information content (AvgIpc) is 2.28. The molecule has 0 N–H and O–H groups in total. The van der Waals surface area contributed by atoms with Crippen molar-refractivity contribution in [2.75, 3.05) is 13.7 Å². The highest BCUT2D eigenvalue weighted by Gasteiger charge is 2.19. The van der Waals surface area contributed by atoms with Gasteiger partial charge in [-0.1, -0.05) is 22.0 Å². The molecule has 0 fully saturated rings. The number of halogens is 1. The molecule has 0 bridgehead atoms. The normalized spacial score (nSPS) is 12.0. The Morgan fingerprint density at radius 1 is 1.50 bits per heavy atom. The second kappa shape index (κ2) is 5.89. The van der Waals surface area contributed by atoms with Crippen LogP contribution in [0.4, 0.5) is 0 Å². The Bertz CT molecular complexity index is 375. The Kier molecular flexibility index (Phi) is 4.80. The van der Waals surface area contributed by atoms with Gasteiger partial charge in [0, 0.05) is 0 Å². The van der Waals surface area contributed by atoms with Crippen LogP contribution < -0.4 is 9.47 Å². The van der Waals surface area contributed by atoms with E-state index >= 15 is 0 Å². The minimum absolute atomic E-state index is 0.0117. The minimum atomic E-state index is -0.237. The second-order valence-electron chi connectivity index (χ2n) is 3.25. The highest BCUT2D eigenvalue weighted by Crippen LogP contribution is 2.32. The molecule has 0 spiro atoms. The summed E-state index contributed by atoms with van der Waals surface area (Å²) in [5.41, 5.74) is 0.547. The standard InChI is InChI=1S/C12H15BrO3/c1-4-16-12-9(11(14)8(2)13)6-5-7-10(12)15-3/h5-8H,4H2,1-3H3. The number of carbonyl (C=O) groups is 1. The number of benzene rings is 1. The summed E-state index contributed by atoms with van der Waals surface area (Å²) in [6.07, 6.45) is 0. The molecule has 88 valence electrons. The molecule has 16 heavy (non-hydrogen) atoms. The molecule has 0 amide bonds. The Labute approximate surface area is 104 Å². The summed E-state index contributed by atoms with van der Waals surface area (Å²) in [5, 5.41) is 0. The van der Waals surface area contributed by atoms with Crippen LogP contribution in [0.25, 0.3) is 0 Å². The predicted molar refractivity (Wildman–Crippen MR) is 66.9 cm³/mol. The molecule has 0 aliphatic rings. The third-order valence-corrected chi connectivity index (χ3v) is 2.53. The van der Waals surface area contributed by atoms with Gasteiger partial charge < -0.3 is 9.47 Å². The predicted octanol–water partition coefficient (Wildman–Crippen LogP) is 3.06. The quantitative estimate of drug-likeness (QED) is 0.616. The van der Waals surface area contributed by atoms with E-state index in [-0.39, 0.29) is 10.6 Å². The van der Waals surface area contributed by atoms with Crippen LogP contribution in [-0.4, -0.2) is 24.3 Å². The van der Waals surface area contributed by atoms with Gasteiger partial charge in [-0.05, 0) is 26.0 Å². The maximum absolute atomic E-state index is 11.9. The van der Waals surface area contributed by atoms with Crippen LogP contribution in [0.15, 0.2) is 18.2 Å². The summed E-state index contributed by atoms with van der Waals surface area (Å²) >= 11 is 3.26. The van der Waals surface area contributed by atoms with E-state index in [4.69, 9.17) is 9.47 Å². The van der Waals surface area contributed by atoms with Crippen LogP contribution in [0.2, 0.25) is 0 Å². The molecule has 0 radical (unpaired) electrons. The fraction of sp³-hybridized carbons (Fsp3) is 0.417. The number of carbonyl (C=O) groups excluding carboxylic acids is 1. The molecule has 4 heteroatoms. The van der Waals surface area contributed by atoms with Crippen LogP contribution in [0.1, 0.15) is 24.2 Å². The first kappa shape index (κ1) is 13.0. The maximum Gasteiger partial charge on any atom is 0.180 e. The Morgan fingerprint density at radius 3 is 2.69 bits per heavy atom. The van der Waals surface area contributed by atoms with Gasteiger partial charge in [0.05, 0.1) is 24.1 Å². The van der Waals surface area contributed by atoms with Crippen LogP contribution >= 0.6 is 15.9 Å². The number of para-hydroxylation sites is 1. The zero-order valence-electron chi connectivity index (χ0n) is 9.62. The van der Waals surface area contributed by atoms with Crippen LogP contribution in [0, 0.1) is 0 Å². The van der Waals surface area contributed by atoms with Crippen molar-refractivity contribution in [2.45, 2.75) is 18.7 Å². The van der Waals surface area contributed by atoms with Gasteiger partial charge in [-0.15, -0.1) is 0 Å². The van der Waals surface area contributed by atoms with E-state index in [1.54, 1.807) is 32.2 Å². The summed E-state index contributed by atoms with van der Waals surface area (Å²) in [6.45, 7) is 4.16. The van der Waals surface area contributed by atoms with Crippen molar-refractivity contribution in [3.05, 3.63) is 23.8 Å². The molecule has 3 nitrogen and oxygen atoms in total. The van der Waals surface area contributed by atoms with Gasteiger partial charge in [0.25, 0.3) is 0 Å². The number of hydrogen-bond donors (Lipinski definition) is 0. The van der Waals surface area contributed by atoms with E-state index in [0.717, 1.165) is 0 Å². The summed E-state index contributed by atoms with van der Waals surface area (Å²) < 4.78 is 10.6. The number of alkyl halides is 1. The minimum Gasteiger partial charge on any atom is -0.493 e. The lowest BCUT2D eigenvalue weighted by Crippen LogP contribution is -2.12. The molecule has 0 saturated heterocycles. The zero-order valence-corrected chi connectivity index (χ0v) is 11.2. The van der Waals surface area contributed by atoms with Gasteiger partial charge in [0.2, 0.25) is 0 Å². The first-order valence-electron chi connectivity index (χ1n) is 5.09. The summed E-state index contributed by atoms with van der Waals surface area (Å²) in [5.74, 6) is 1.09. The lowest BCUT2D eigenvalue weighted by molar-refractivity contribution is 0.0991. The highest BCUT2D eigenvalue weighted by atomic mass is 79.9. The van der Waals surface area contributed by atoms with Crippen LogP contribution in [0.3, 0.4) is 0 Å². The molecule has 1 rings (SSSR count). The average molecular weight is 287 g/mol. The molecule has 1 atom stereocenters. The molecule has 0 saturated carbocycles. The summed E-state index contributed by atoms with van der Waals surface area (Å²) in [4.78, 5) is 11.7. The number of methoxy groups -OCH3 is 1. The molecule has 1 aromatic carbocycles. The van der Waals surface area contributed by atoms with Gasteiger partial charge >= 0.3 is 0 Å². The van der Waals surface area contributed by atoms with E-state index in [9.17, 15) is 4.79 Å². The third-order valence-electron chi connectivity index (χ3n) is 2.11. The van der Waals surface area contributed by atoms with Gasteiger partial charge in [0.1, 0.15) is 0 Å². The van der Waals surface area contributed by atoms with Gasteiger partial charge in [-0.2, -0.15) is 0 Å². The summed E-state index contributed by atoms with van der Waals surface area (Å²) in [7, 11) is 1.56. The van der Waals surface area contributed by atoms with Gasteiger partial charge in [-0.3, -0.25) is 4.79 Å².